The van der Waals surface area contributed by atoms with Crippen molar-refractivity contribution in [2.45, 2.75) is 33.1 Å². The summed E-state index contributed by atoms with van der Waals surface area (Å²) in [5.41, 5.74) is 2.62. The van der Waals surface area contributed by atoms with Crippen LogP contribution in [0.5, 0.6) is 0 Å². The van der Waals surface area contributed by atoms with Crippen LogP contribution in [0.15, 0.2) is 30.3 Å². The van der Waals surface area contributed by atoms with Crippen molar-refractivity contribution in [2.75, 3.05) is 0 Å². The van der Waals surface area contributed by atoms with E-state index in [-0.39, 0.29) is 0 Å². The molecule has 1 unspecified atom stereocenters. The molecular formula is C14H19N. The average molecular weight is 201 g/mol. The van der Waals surface area contributed by atoms with E-state index >= 15 is 0 Å². The van der Waals surface area contributed by atoms with Crippen LogP contribution in [0.25, 0.3) is 10.9 Å². The van der Waals surface area contributed by atoms with Gasteiger partial charge in [-0.05, 0) is 35.8 Å². The highest BCUT2D eigenvalue weighted by Gasteiger charge is 2.10. The maximum absolute atomic E-state index is 3.50. The second kappa shape index (κ2) is 4.09. The highest BCUT2D eigenvalue weighted by atomic mass is 14.7. The van der Waals surface area contributed by atoms with Gasteiger partial charge in [0.15, 0.2) is 0 Å². The van der Waals surface area contributed by atoms with Gasteiger partial charge in [0.05, 0.1) is 0 Å². The first-order chi connectivity index (χ1) is 7.16. The summed E-state index contributed by atoms with van der Waals surface area (Å²) < 4.78 is 0. The Kier molecular flexibility index (Phi) is 2.81. The zero-order valence-corrected chi connectivity index (χ0v) is 9.75. The maximum atomic E-state index is 3.50. The van der Waals surface area contributed by atoms with E-state index in [2.05, 4.69) is 56.1 Å². The van der Waals surface area contributed by atoms with E-state index in [0.717, 1.165) is 5.92 Å². The molecule has 0 aliphatic rings. The number of aromatic nitrogens is 1. The molecule has 15 heavy (non-hydrogen) atoms. The Morgan fingerprint density at radius 1 is 1.13 bits per heavy atom. The molecule has 0 spiro atoms. The first-order valence-corrected chi connectivity index (χ1v) is 5.74. The number of aromatic amines is 1. The summed E-state index contributed by atoms with van der Waals surface area (Å²) in [5.74, 6) is 1.38. The third-order valence-electron chi connectivity index (χ3n) is 2.91. The van der Waals surface area contributed by atoms with E-state index in [0.29, 0.717) is 5.92 Å². The molecule has 1 nitrogen and oxygen atoms in total. The Balaban J connectivity index is 2.28. The van der Waals surface area contributed by atoms with Crippen molar-refractivity contribution in [3.8, 4) is 0 Å². The number of benzene rings is 1. The molecule has 0 bridgehead atoms. The molecule has 1 aromatic carbocycles. The van der Waals surface area contributed by atoms with Crippen molar-refractivity contribution in [3.63, 3.8) is 0 Å². The highest BCUT2D eigenvalue weighted by molar-refractivity contribution is 5.80. The molecule has 1 heterocycles. The minimum absolute atomic E-state index is 0.623. The Morgan fingerprint density at radius 3 is 2.53 bits per heavy atom. The number of nitrogens with one attached hydrogen (secondary N) is 1. The zero-order valence-electron chi connectivity index (χ0n) is 9.75. The van der Waals surface area contributed by atoms with Crippen LogP contribution in [-0.2, 0) is 0 Å². The van der Waals surface area contributed by atoms with Gasteiger partial charge in [0.1, 0.15) is 0 Å². The third kappa shape index (κ3) is 2.23. The lowest BCUT2D eigenvalue weighted by molar-refractivity contribution is 0.518. The average Bonchev–Trinajstić information content (AvgIpc) is 2.59. The minimum atomic E-state index is 0.623. The van der Waals surface area contributed by atoms with E-state index < -0.39 is 0 Å². The van der Waals surface area contributed by atoms with Gasteiger partial charge in [0.2, 0.25) is 0 Å². The van der Waals surface area contributed by atoms with Gasteiger partial charge < -0.3 is 4.98 Å². The van der Waals surface area contributed by atoms with Gasteiger partial charge in [-0.3, -0.25) is 0 Å². The largest absolute Gasteiger partial charge is 0.358 e. The fourth-order valence-electron chi connectivity index (χ4n) is 2.20. The zero-order chi connectivity index (χ0) is 10.8. The molecule has 0 radical (unpaired) electrons. The van der Waals surface area contributed by atoms with Gasteiger partial charge in [-0.2, -0.15) is 0 Å². The first kappa shape index (κ1) is 10.3. The van der Waals surface area contributed by atoms with E-state index in [1.807, 2.05) is 0 Å². The molecule has 2 rings (SSSR count). The summed E-state index contributed by atoms with van der Waals surface area (Å²) in [4.78, 5) is 3.50. The summed E-state index contributed by atoms with van der Waals surface area (Å²) in [6.45, 7) is 6.85. The molecule has 1 aromatic heterocycles. The number of rotatable bonds is 3. The number of fused-ring (bicyclic) bond motifs is 1. The quantitative estimate of drug-likeness (QED) is 0.761. The van der Waals surface area contributed by atoms with E-state index in [9.17, 15) is 0 Å². The maximum Gasteiger partial charge on any atom is 0.0456 e. The Morgan fingerprint density at radius 2 is 1.87 bits per heavy atom. The van der Waals surface area contributed by atoms with E-state index in [4.69, 9.17) is 0 Å². The second-order valence-corrected chi connectivity index (χ2v) is 4.84. The van der Waals surface area contributed by atoms with E-state index in [1.165, 1.54) is 23.0 Å². The fourth-order valence-corrected chi connectivity index (χ4v) is 2.20. The van der Waals surface area contributed by atoms with Crippen molar-refractivity contribution in [3.05, 3.63) is 36.0 Å². The number of hydrogen-bond acceptors (Lipinski definition) is 0. The van der Waals surface area contributed by atoms with Crippen LogP contribution in [0.2, 0.25) is 0 Å². The lowest BCUT2D eigenvalue weighted by atomic mass is 9.96. The molecule has 0 saturated heterocycles. The van der Waals surface area contributed by atoms with Crippen LogP contribution in [0.4, 0.5) is 0 Å². The van der Waals surface area contributed by atoms with Gasteiger partial charge in [-0.1, -0.05) is 39.0 Å². The highest BCUT2D eigenvalue weighted by Crippen LogP contribution is 2.25. The van der Waals surface area contributed by atoms with Crippen LogP contribution in [0.1, 0.15) is 38.8 Å². The van der Waals surface area contributed by atoms with Crippen LogP contribution in [0, 0.1) is 5.92 Å². The number of H-pyrrole nitrogens is 1. The van der Waals surface area contributed by atoms with Gasteiger partial charge in [0, 0.05) is 11.2 Å². The number of hydrogen-bond donors (Lipinski definition) is 1. The normalized spacial score (nSPS) is 13.6. The molecule has 0 fully saturated rings. The lowest BCUT2D eigenvalue weighted by Crippen LogP contribution is -1.98. The SMILES string of the molecule is CC(C)CC(C)c1cc2ccccc2[nH]1. The summed E-state index contributed by atoms with van der Waals surface area (Å²) in [6, 6.07) is 10.8. The van der Waals surface area contributed by atoms with Gasteiger partial charge >= 0.3 is 0 Å². The summed E-state index contributed by atoms with van der Waals surface area (Å²) in [7, 11) is 0. The molecule has 80 valence electrons. The fraction of sp³-hybridized carbons (Fsp3) is 0.429. The van der Waals surface area contributed by atoms with Crippen molar-refractivity contribution >= 4 is 10.9 Å². The molecule has 0 saturated carbocycles. The van der Waals surface area contributed by atoms with Gasteiger partial charge in [-0.25, -0.2) is 0 Å². The first-order valence-electron chi connectivity index (χ1n) is 5.74. The van der Waals surface area contributed by atoms with E-state index in [1.54, 1.807) is 0 Å². The summed E-state index contributed by atoms with van der Waals surface area (Å²) >= 11 is 0. The van der Waals surface area contributed by atoms with Gasteiger partial charge in [0.25, 0.3) is 0 Å². The molecule has 1 heteroatoms. The van der Waals surface area contributed by atoms with Gasteiger partial charge in [-0.15, -0.1) is 0 Å². The smallest absolute Gasteiger partial charge is 0.0456 e. The van der Waals surface area contributed by atoms with Crippen molar-refractivity contribution in [2.24, 2.45) is 5.92 Å². The second-order valence-electron chi connectivity index (χ2n) is 4.84. The topological polar surface area (TPSA) is 15.8 Å². The monoisotopic (exact) mass is 201 g/mol. The Labute approximate surface area is 91.5 Å². The van der Waals surface area contributed by atoms with Crippen molar-refractivity contribution < 1.29 is 0 Å². The molecule has 0 aliphatic carbocycles. The molecule has 2 aromatic rings. The van der Waals surface area contributed by atoms with Crippen molar-refractivity contribution in [1.82, 2.24) is 4.98 Å². The minimum Gasteiger partial charge on any atom is -0.358 e. The lowest BCUT2D eigenvalue weighted by Gasteiger charge is -2.11. The standard InChI is InChI=1S/C14H19N/c1-10(2)8-11(3)14-9-12-6-4-5-7-13(12)15-14/h4-7,9-11,15H,8H2,1-3H3. The molecule has 1 atom stereocenters. The predicted molar refractivity (Wildman–Crippen MR) is 66.2 cm³/mol. The molecule has 0 aliphatic heterocycles. The summed E-state index contributed by atoms with van der Waals surface area (Å²) in [5, 5.41) is 1.32. The van der Waals surface area contributed by atoms with Crippen LogP contribution < -0.4 is 0 Å². The molecule has 0 amide bonds. The van der Waals surface area contributed by atoms with Crippen LogP contribution >= 0.6 is 0 Å². The van der Waals surface area contributed by atoms with Crippen molar-refractivity contribution in [1.29, 1.82) is 0 Å². The molecular weight excluding hydrogens is 182 g/mol. The summed E-state index contributed by atoms with van der Waals surface area (Å²) in [6.07, 6.45) is 1.24. The van der Waals surface area contributed by atoms with Crippen LogP contribution in [-0.4, -0.2) is 4.98 Å². The van der Waals surface area contributed by atoms with Crippen LogP contribution in [0.3, 0.4) is 0 Å². The Hall–Kier alpha value is -1.24. The third-order valence-corrected chi connectivity index (χ3v) is 2.91. The molecule has 1 N–H and O–H groups in total. The number of para-hydroxylation sites is 1. The Bertz CT molecular complexity index is 406. The predicted octanol–water partition coefficient (Wildman–Crippen LogP) is 4.32.